The minimum absolute atomic E-state index is 0.0263. The number of morpholine rings is 2. The molecular weight excluding hydrogens is 552 g/mol. The number of hydrogen-bond donors (Lipinski definition) is 0. The predicted octanol–water partition coefficient (Wildman–Crippen LogP) is 4.13. The fraction of sp³-hybridized carbons (Fsp3) is 0.312. The van der Waals surface area contributed by atoms with E-state index < -0.39 is 10.0 Å². The molecule has 0 amide bonds. The van der Waals surface area contributed by atoms with E-state index in [1.165, 1.54) is 4.31 Å². The highest BCUT2D eigenvalue weighted by atomic mass is 32.2. The topological polar surface area (TPSA) is 94.0 Å². The first-order chi connectivity index (χ1) is 20.4. The second-order valence-electron chi connectivity index (χ2n) is 10.5. The maximum Gasteiger partial charge on any atom is 0.243 e. The van der Waals surface area contributed by atoms with Gasteiger partial charge in [0.25, 0.3) is 0 Å². The summed E-state index contributed by atoms with van der Waals surface area (Å²) in [5.41, 5.74) is 5.39. The molecule has 9 nitrogen and oxygen atoms in total. The first-order valence-corrected chi connectivity index (χ1v) is 15.6. The largest absolute Gasteiger partial charge is 0.379 e. The van der Waals surface area contributed by atoms with E-state index in [2.05, 4.69) is 4.90 Å². The Kier molecular flexibility index (Phi) is 8.21. The van der Waals surface area contributed by atoms with Gasteiger partial charge < -0.3 is 14.4 Å². The number of hydrogen-bond acceptors (Lipinski definition) is 7. The zero-order chi connectivity index (χ0) is 29.1. The fourth-order valence-electron chi connectivity index (χ4n) is 5.40. The van der Waals surface area contributed by atoms with Gasteiger partial charge in [-0.3, -0.25) is 4.79 Å². The second kappa shape index (κ2) is 12.2. The average Bonchev–Trinajstić information content (AvgIpc) is 3.49. The van der Waals surface area contributed by atoms with Gasteiger partial charge in [-0.05, 0) is 42.8 Å². The summed E-state index contributed by atoms with van der Waals surface area (Å²) in [5.74, 6) is -0.136. The highest BCUT2D eigenvalue weighted by Gasteiger charge is 2.29. The monoisotopic (exact) mass is 586 g/mol. The van der Waals surface area contributed by atoms with E-state index in [9.17, 15) is 13.2 Å². The van der Waals surface area contributed by atoms with E-state index in [4.69, 9.17) is 14.6 Å². The van der Waals surface area contributed by atoms with Gasteiger partial charge in [-0.2, -0.15) is 9.40 Å². The molecule has 10 heteroatoms. The molecule has 0 saturated carbocycles. The summed E-state index contributed by atoms with van der Waals surface area (Å²) < 4.78 is 41.2. The maximum absolute atomic E-state index is 14.1. The third-order valence-corrected chi connectivity index (χ3v) is 9.62. The van der Waals surface area contributed by atoms with E-state index in [0.29, 0.717) is 69.4 Å². The number of Topliss-reactive ketones (excluding diaryl/α,β-unsaturated/α-hetero) is 1. The predicted molar refractivity (Wildman–Crippen MR) is 161 cm³/mol. The van der Waals surface area contributed by atoms with E-state index >= 15 is 0 Å². The number of sulfonamides is 1. The third kappa shape index (κ3) is 5.89. The summed E-state index contributed by atoms with van der Waals surface area (Å²) in [7, 11) is -3.74. The SMILES string of the molecule is Cc1ccc(-c2nn(-c3ccccc3)cc2C(=O)Cc2cc(S(=O)(=O)N3CCOCC3)ccc2N2CCOCC2)cc1. The van der Waals surface area contributed by atoms with Crippen molar-refractivity contribution in [2.45, 2.75) is 18.2 Å². The van der Waals surface area contributed by atoms with Gasteiger partial charge in [-0.15, -0.1) is 0 Å². The number of ketones is 1. The van der Waals surface area contributed by atoms with Gasteiger partial charge in [0.05, 0.1) is 42.6 Å². The first-order valence-electron chi connectivity index (χ1n) is 14.2. The van der Waals surface area contributed by atoms with Gasteiger partial charge in [0.2, 0.25) is 10.0 Å². The van der Waals surface area contributed by atoms with Crippen LogP contribution in [0.15, 0.2) is 83.9 Å². The summed E-state index contributed by atoms with van der Waals surface area (Å²) in [4.78, 5) is 16.5. The van der Waals surface area contributed by atoms with E-state index in [1.54, 1.807) is 23.0 Å². The summed E-state index contributed by atoms with van der Waals surface area (Å²) >= 11 is 0. The van der Waals surface area contributed by atoms with Crippen LogP contribution in [0.3, 0.4) is 0 Å². The van der Waals surface area contributed by atoms with Crippen LogP contribution in [0.25, 0.3) is 16.9 Å². The molecule has 0 bridgehead atoms. The molecular formula is C32H34N4O5S. The summed E-state index contributed by atoms with van der Waals surface area (Å²) in [6.45, 7) is 5.83. The van der Waals surface area contributed by atoms with Gasteiger partial charge >= 0.3 is 0 Å². The molecule has 0 atom stereocenters. The lowest BCUT2D eigenvalue weighted by Gasteiger charge is -2.31. The molecule has 1 aromatic heterocycles. The number of ether oxygens (including phenoxy) is 2. The van der Waals surface area contributed by atoms with Crippen LogP contribution in [0.5, 0.6) is 0 Å². The van der Waals surface area contributed by atoms with Crippen LogP contribution >= 0.6 is 0 Å². The van der Waals surface area contributed by atoms with Crippen LogP contribution in [0.2, 0.25) is 0 Å². The molecule has 0 aliphatic carbocycles. The molecule has 0 N–H and O–H groups in total. The highest BCUT2D eigenvalue weighted by molar-refractivity contribution is 7.89. The maximum atomic E-state index is 14.1. The molecule has 3 aromatic carbocycles. The Bertz CT molecular complexity index is 1660. The third-order valence-electron chi connectivity index (χ3n) is 7.72. The van der Waals surface area contributed by atoms with Gasteiger partial charge in [-0.1, -0.05) is 48.0 Å². The highest BCUT2D eigenvalue weighted by Crippen LogP contribution is 2.31. The van der Waals surface area contributed by atoms with E-state index in [-0.39, 0.29) is 17.1 Å². The number of anilines is 1. The van der Waals surface area contributed by atoms with Crippen molar-refractivity contribution in [3.8, 4) is 16.9 Å². The number of rotatable bonds is 8. The number of benzene rings is 3. The molecule has 2 saturated heterocycles. The van der Waals surface area contributed by atoms with Gasteiger partial charge in [0.1, 0.15) is 5.69 Å². The van der Waals surface area contributed by atoms with Crippen LogP contribution in [0.1, 0.15) is 21.5 Å². The van der Waals surface area contributed by atoms with Crippen molar-refractivity contribution in [3.05, 3.63) is 95.7 Å². The lowest BCUT2D eigenvalue weighted by molar-refractivity contribution is 0.0730. The fourth-order valence-corrected chi connectivity index (χ4v) is 6.86. The zero-order valence-corrected chi connectivity index (χ0v) is 24.4. The second-order valence-corrected chi connectivity index (χ2v) is 12.5. The molecule has 4 aromatic rings. The quantitative estimate of drug-likeness (QED) is 0.287. The van der Waals surface area contributed by atoms with Crippen molar-refractivity contribution < 1.29 is 22.7 Å². The van der Waals surface area contributed by atoms with Crippen LogP contribution in [-0.4, -0.2) is 80.9 Å². The standard InChI is InChI=1S/C32H34N4O5S/c1-24-7-9-25(10-8-24)32-29(23-36(33-32)27-5-3-2-4-6-27)31(37)22-26-21-28(42(38,39)35-15-19-41-20-16-35)11-12-30(26)34-13-17-40-18-14-34/h2-12,21,23H,13-20,22H2,1H3. The molecule has 2 fully saturated rings. The van der Waals surface area contributed by atoms with Gasteiger partial charge in [0.15, 0.2) is 5.78 Å². The number of aromatic nitrogens is 2. The van der Waals surface area contributed by atoms with Crippen LogP contribution in [-0.2, 0) is 25.9 Å². The normalized spacial score (nSPS) is 16.5. The molecule has 0 unspecified atom stereocenters. The van der Waals surface area contributed by atoms with Crippen molar-refractivity contribution >= 4 is 21.5 Å². The summed E-state index contributed by atoms with van der Waals surface area (Å²) in [6.07, 6.45) is 1.80. The minimum atomic E-state index is -3.74. The summed E-state index contributed by atoms with van der Waals surface area (Å²) in [5, 5.41) is 4.83. The molecule has 0 spiro atoms. The molecule has 218 valence electrons. The van der Waals surface area contributed by atoms with Gasteiger partial charge in [0, 0.05) is 50.0 Å². The number of carbonyl (C=O) groups excluding carboxylic acids is 1. The van der Waals surface area contributed by atoms with Crippen molar-refractivity contribution in [2.75, 3.05) is 57.5 Å². The lowest BCUT2D eigenvalue weighted by atomic mass is 9.98. The first kappa shape index (κ1) is 28.3. The van der Waals surface area contributed by atoms with Crippen molar-refractivity contribution in [3.63, 3.8) is 0 Å². The van der Waals surface area contributed by atoms with Crippen LogP contribution < -0.4 is 4.90 Å². The summed E-state index contributed by atoms with van der Waals surface area (Å²) in [6, 6.07) is 22.8. The Hall–Kier alpha value is -3.83. The Balaban J connectivity index is 1.40. The molecule has 3 heterocycles. The molecule has 6 rings (SSSR count). The Labute approximate surface area is 246 Å². The molecule has 2 aliphatic heterocycles. The van der Waals surface area contributed by atoms with Crippen LogP contribution in [0, 0.1) is 6.92 Å². The van der Waals surface area contributed by atoms with Crippen molar-refractivity contribution in [1.82, 2.24) is 14.1 Å². The molecule has 42 heavy (non-hydrogen) atoms. The number of para-hydroxylation sites is 1. The van der Waals surface area contributed by atoms with Crippen LogP contribution in [0.4, 0.5) is 5.69 Å². The number of aryl methyl sites for hydroxylation is 1. The number of carbonyl (C=O) groups is 1. The van der Waals surface area contributed by atoms with E-state index in [1.807, 2.05) is 67.6 Å². The minimum Gasteiger partial charge on any atom is -0.379 e. The lowest BCUT2D eigenvalue weighted by Crippen LogP contribution is -2.40. The Morgan fingerprint density at radius 1 is 0.857 bits per heavy atom. The molecule has 0 radical (unpaired) electrons. The Morgan fingerprint density at radius 2 is 1.52 bits per heavy atom. The van der Waals surface area contributed by atoms with E-state index in [0.717, 1.165) is 22.5 Å². The Morgan fingerprint density at radius 3 is 2.21 bits per heavy atom. The zero-order valence-electron chi connectivity index (χ0n) is 23.6. The molecule has 2 aliphatic rings. The average molecular weight is 587 g/mol. The van der Waals surface area contributed by atoms with Crippen molar-refractivity contribution in [2.24, 2.45) is 0 Å². The smallest absolute Gasteiger partial charge is 0.243 e. The van der Waals surface area contributed by atoms with Crippen molar-refractivity contribution in [1.29, 1.82) is 0 Å². The number of nitrogens with zero attached hydrogens (tertiary/aromatic N) is 4. The van der Waals surface area contributed by atoms with Gasteiger partial charge in [-0.25, -0.2) is 13.1 Å².